The van der Waals surface area contributed by atoms with Crippen LogP contribution in [0.4, 0.5) is 13.2 Å². The number of carbonyl (C=O) groups excluding carboxylic acids is 2. The highest BCUT2D eigenvalue weighted by molar-refractivity contribution is 6.04. The number of hydrogen-bond donors (Lipinski definition) is 2. The number of primary amides is 1. The Morgan fingerprint density at radius 3 is 2.34 bits per heavy atom. The second-order valence-corrected chi connectivity index (χ2v) is 7.62. The fourth-order valence-electron chi connectivity index (χ4n) is 3.52. The van der Waals surface area contributed by atoms with Gasteiger partial charge in [-0.25, -0.2) is 0 Å². The van der Waals surface area contributed by atoms with E-state index in [1.165, 1.54) is 16.8 Å². The number of nitrogens with two attached hydrogens (primary N) is 1. The molecule has 0 atom stereocenters. The summed E-state index contributed by atoms with van der Waals surface area (Å²) in [6.07, 6.45) is -3.45. The minimum Gasteiger partial charge on any atom is -0.494 e. The summed E-state index contributed by atoms with van der Waals surface area (Å²) in [5.74, 6) is -1.22. The zero-order chi connectivity index (χ0) is 23.6. The molecule has 0 unspecified atom stereocenters. The molecule has 1 amide bonds. The van der Waals surface area contributed by atoms with E-state index in [1.54, 1.807) is 12.1 Å². The van der Waals surface area contributed by atoms with Gasteiger partial charge in [-0.2, -0.15) is 13.2 Å². The number of aryl methyl sites for hydroxylation is 2. The van der Waals surface area contributed by atoms with Crippen LogP contribution in [0, 0.1) is 13.8 Å². The Morgan fingerprint density at radius 2 is 1.75 bits per heavy atom. The smallest absolute Gasteiger partial charge is 0.416 e. The summed E-state index contributed by atoms with van der Waals surface area (Å²) in [6.45, 7) is 3.45. The number of ketones is 1. The van der Waals surface area contributed by atoms with Gasteiger partial charge in [-0.15, -0.1) is 0 Å². The van der Waals surface area contributed by atoms with Crippen LogP contribution in [0.15, 0.2) is 41.4 Å². The summed E-state index contributed by atoms with van der Waals surface area (Å²) < 4.78 is 41.3. The number of fused-ring (bicyclic) bond motifs is 1. The lowest BCUT2D eigenvalue weighted by Gasteiger charge is -2.11. The molecule has 3 rings (SSSR count). The summed E-state index contributed by atoms with van der Waals surface area (Å²) in [7, 11) is 0. The van der Waals surface area contributed by atoms with Gasteiger partial charge in [0.05, 0.1) is 23.2 Å². The lowest BCUT2D eigenvalue weighted by molar-refractivity contribution is -0.137. The highest BCUT2D eigenvalue weighted by Gasteiger charge is 2.31. The molecule has 32 heavy (non-hydrogen) atoms. The van der Waals surface area contributed by atoms with Gasteiger partial charge < -0.3 is 10.8 Å². The Hall–Kier alpha value is -3.62. The van der Waals surface area contributed by atoms with Crippen LogP contribution in [-0.2, 0) is 15.8 Å². The molecular formula is C23H22F3N3O3. The first-order valence-electron chi connectivity index (χ1n) is 9.80. The number of carbonyl (C=O) groups is 2. The van der Waals surface area contributed by atoms with Gasteiger partial charge in [0.1, 0.15) is 0 Å². The van der Waals surface area contributed by atoms with Crippen molar-refractivity contribution in [2.45, 2.75) is 32.9 Å². The van der Waals surface area contributed by atoms with Crippen LogP contribution >= 0.6 is 0 Å². The van der Waals surface area contributed by atoms with Crippen LogP contribution in [0.1, 0.15) is 35.1 Å². The minimum absolute atomic E-state index is 0.0576. The average Bonchev–Trinajstić information content (AvgIpc) is 2.96. The van der Waals surface area contributed by atoms with E-state index in [1.807, 2.05) is 19.9 Å². The van der Waals surface area contributed by atoms with Crippen molar-refractivity contribution in [3.63, 3.8) is 0 Å². The first kappa shape index (κ1) is 23.1. The van der Waals surface area contributed by atoms with E-state index in [0.29, 0.717) is 11.1 Å². The summed E-state index contributed by atoms with van der Waals surface area (Å²) in [5.41, 5.74) is 6.77. The Kier molecular flexibility index (Phi) is 6.38. The minimum atomic E-state index is -4.55. The number of rotatable bonds is 7. The van der Waals surface area contributed by atoms with Gasteiger partial charge in [-0.3, -0.25) is 19.1 Å². The zero-order valence-corrected chi connectivity index (χ0v) is 17.5. The van der Waals surface area contributed by atoms with Gasteiger partial charge in [0.15, 0.2) is 5.78 Å². The van der Waals surface area contributed by atoms with Crippen molar-refractivity contribution in [2.75, 3.05) is 6.54 Å². The van der Waals surface area contributed by atoms with Gasteiger partial charge >= 0.3 is 6.18 Å². The van der Waals surface area contributed by atoms with E-state index in [9.17, 15) is 27.9 Å². The van der Waals surface area contributed by atoms with Crippen LogP contribution in [0.3, 0.4) is 0 Å². The second-order valence-electron chi connectivity index (χ2n) is 7.62. The number of benzene rings is 2. The van der Waals surface area contributed by atoms with E-state index >= 15 is 0 Å². The summed E-state index contributed by atoms with van der Waals surface area (Å²) in [6, 6.07) is 8.59. The SMILES string of the molecule is Cc1cc(C)cc(-n2c(O)c(C=NCC(=O)CCC(N)=O)c3ccc(C(F)(F)F)cc32)c1. The van der Waals surface area contributed by atoms with E-state index in [2.05, 4.69) is 4.99 Å². The monoisotopic (exact) mass is 445 g/mol. The summed E-state index contributed by atoms with van der Waals surface area (Å²) in [5, 5.41) is 11.3. The first-order valence-corrected chi connectivity index (χ1v) is 9.80. The predicted octanol–water partition coefficient (Wildman–Crippen LogP) is 4.23. The van der Waals surface area contributed by atoms with Crippen molar-refractivity contribution >= 4 is 28.8 Å². The number of aromatic nitrogens is 1. The van der Waals surface area contributed by atoms with Crippen molar-refractivity contribution in [3.8, 4) is 11.6 Å². The quantitative estimate of drug-likeness (QED) is 0.533. The predicted molar refractivity (Wildman–Crippen MR) is 115 cm³/mol. The molecule has 0 aliphatic carbocycles. The lowest BCUT2D eigenvalue weighted by atomic mass is 10.1. The largest absolute Gasteiger partial charge is 0.494 e. The van der Waals surface area contributed by atoms with Crippen LogP contribution in [-0.4, -0.2) is 34.1 Å². The standard InChI is InChI=1S/C23H22F3N3O3/c1-13-7-14(2)9-16(8-13)29-20-10-15(23(24,25)26)3-5-18(20)19(22(29)32)12-28-11-17(30)4-6-21(27)31/h3,5,7-10,12,32H,4,6,11H2,1-2H3,(H2,27,31). The van der Waals surface area contributed by atoms with Crippen LogP contribution < -0.4 is 5.73 Å². The molecule has 1 heterocycles. The molecular weight excluding hydrogens is 423 g/mol. The first-order chi connectivity index (χ1) is 15.0. The van der Waals surface area contributed by atoms with E-state index in [-0.39, 0.29) is 42.1 Å². The summed E-state index contributed by atoms with van der Waals surface area (Å²) in [4.78, 5) is 26.6. The molecule has 0 aliphatic rings. The fraction of sp³-hybridized carbons (Fsp3) is 0.261. The Morgan fingerprint density at radius 1 is 1.09 bits per heavy atom. The molecule has 6 nitrogen and oxygen atoms in total. The molecule has 0 aliphatic heterocycles. The molecule has 2 aromatic carbocycles. The molecule has 1 aromatic heterocycles. The van der Waals surface area contributed by atoms with Crippen molar-refractivity contribution < 1.29 is 27.9 Å². The third-order valence-electron chi connectivity index (χ3n) is 4.91. The molecule has 168 valence electrons. The molecule has 0 radical (unpaired) electrons. The van der Waals surface area contributed by atoms with Gasteiger partial charge in [-0.1, -0.05) is 12.1 Å². The summed E-state index contributed by atoms with van der Waals surface area (Å²) >= 11 is 0. The van der Waals surface area contributed by atoms with Gasteiger partial charge in [0.2, 0.25) is 11.8 Å². The number of alkyl halides is 3. The second kappa shape index (κ2) is 8.86. The number of amides is 1. The maximum Gasteiger partial charge on any atom is 0.416 e. The topological polar surface area (TPSA) is 97.7 Å². The molecule has 9 heteroatoms. The number of aliphatic imine (C=N–C) groups is 1. The highest BCUT2D eigenvalue weighted by atomic mass is 19.4. The number of Topliss-reactive ketones (excluding diaryl/α,β-unsaturated/α-hetero) is 1. The maximum atomic E-state index is 13.3. The molecule has 0 spiro atoms. The molecule has 0 bridgehead atoms. The number of hydrogen-bond acceptors (Lipinski definition) is 4. The van der Waals surface area contributed by atoms with Crippen LogP contribution in [0.2, 0.25) is 0 Å². The third kappa shape index (κ3) is 4.99. The zero-order valence-electron chi connectivity index (χ0n) is 17.5. The number of aromatic hydroxyl groups is 1. The van der Waals surface area contributed by atoms with Crippen molar-refractivity contribution in [1.82, 2.24) is 4.57 Å². The van der Waals surface area contributed by atoms with Gasteiger partial charge in [0.25, 0.3) is 0 Å². The molecule has 3 N–H and O–H groups in total. The average molecular weight is 445 g/mol. The van der Waals surface area contributed by atoms with Crippen LogP contribution in [0.5, 0.6) is 5.88 Å². The Labute approximate surface area is 182 Å². The van der Waals surface area contributed by atoms with E-state index < -0.39 is 17.6 Å². The van der Waals surface area contributed by atoms with Crippen LogP contribution in [0.25, 0.3) is 16.6 Å². The van der Waals surface area contributed by atoms with Gasteiger partial charge in [0, 0.05) is 30.1 Å². The number of halogens is 3. The fourth-order valence-corrected chi connectivity index (χ4v) is 3.52. The normalized spacial score (nSPS) is 12.0. The molecule has 0 fully saturated rings. The van der Waals surface area contributed by atoms with Crippen molar-refractivity contribution in [1.29, 1.82) is 0 Å². The highest BCUT2D eigenvalue weighted by Crippen LogP contribution is 2.38. The Bertz CT molecular complexity index is 1210. The van der Waals surface area contributed by atoms with E-state index in [0.717, 1.165) is 23.3 Å². The van der Waals surface area contributed by atoms with E-state index in [4.69, 9.17) is 5.73 Å². The molecule has 3 aromatic rings. The number of nitrogens with zero attached hydrogens (tertiary/aromatic N) is 2. The maximum absolute atomic E-state index is 13.3. The molecule has 0 saturated carbocycles. The van der Waals surface area contributed by atoms with Crippen molar-refractivity contribution in [2.24, 2.45) is 10.7 Å². The lowest BCUT2D eigenvalue weighted by Crippen LogP contribution is -2.13. The molecule has 0 saturated heterocycles. The van der Waals surface area contributed by atoms with Crippen molar-refractivity contribution in [3.05, 3.63) is 58.7 Å². The Balaban J connectivity index is 2.11. The van der Waals surface area contributed by atoms with Gasteiger partial charge in [-0.05, 0) is 49.2 Å². The third-order valence-corrected chi connectivity index (χ3v) is 4.91.